The summed E-state index contributed by atoms with van der Waals surface area (Å²) in [6, 6.07) is 9.16. The molecule has 0 spiro atoms. The maximum Gasteiger partial charge on any atom is 0.0711 e. The number of hydrogen-bond acceptors (Lipinski definition) is 3. The molecular formula is C14H22N2O. The molecule has 1 saturated heterocycles. The van der Waals surface area contributed by atoms with Crippen molar-refractivity contribution in [3.05, 3.63) is 29.8 Å². The monoisotopic (exact) mass is 234 g/mol. The predicted molar refractivity (Wildman–Crippen MR) is 71.7 cm³/mol. The smallest absolute Gasteiger partial charge is 0.0711 e. The van der Waals surface area contributed by atoms with Gasteiger partial charge in [0.25, 0.3) is 0 Å². The number of nitrogens with one attached hydrogen (secondary N) is 1. The molecule has 1 aliphatic rings. The molecular weight excluding hydrogens is 212 g/mol. The van der Waals surface area contributed by atoms with E-state index in [1.807, 2.05) is 0 Å². The highest BCUT2D eigenvalue weighted by molar-refractivity contribution is 5.47. The molecule has 94 valence electrons. The molecule has 1 N–H and O–H groups in total. The van der Waals surface area contributed by atoms with E-state index in [0.717, 1.165) is 19.5 Å². The average molecular weight is 234 g/mol. The first-order valence-corrected chi connectivity index (χ1v) is 6.23. The molecule has 0 radical (unpaired) electrons. The number of benzene rings is 1. The van der Waals surface area contributed by atoms with Crippen molar-refractivity contribution in [3.63, 3.8) is 0 Å². The van der Waals surface area contributed by atoms with E-state index in [1.165, 1.54) is 11.3 Å². The van der Waals surface area contributed by atoms with Gasteiger partial charge in [0, 0.05) is 39.0 Å². The van der Waals surface area contributed by atoms with Gasteiger partial charge in [0.15, 0.2) is 0 Å². The van der Waals surface area contributed by atoms with Crippen LogP contribution in [0.2, 0.25) is 0 Å². The van der Waals surface area contributed by atoms with Gasteiger partial charge in [-0.3, -0.25) is 0 Å². The molecule has 0 aliphatic carbocycles. The Balaban J connectivity index is 1.91. The fourth-order valence-electron chi connectivity index (χ4n) is 2.40. The second kappa shape index (κ2) is 5.52. The first-order valence-electron chi connectivity index (χ1n) is 6.23. The van der Waals surface area contributed by atoms with Crippen LogP contribution < -0.4 is 10.2 Å². The Morgan fingerprint density at radius 2 is 2.29 bits per heavy atom. The van der Waals surface area contributed by atoms with Crippen LogP contribution in [0, 0.1) is 6.92 Å². The van der Waals surface area contributed by atoms with Crippen molar-refractivity contribution in [2.75, 3.05) is 32.1 Å². The van der Waals surface area contributed by atoms with Crippen molar-refractivity contribution in [1.29, 1.82) is 0 Å². The van der Waals surface area contributed by atoms with Crippen LogP contribution in [0.5, 0.6) is 0 Å². The van der Waals surface area contributed by atoms with Gasteiger partial charge in [0.2, 0.25) is 0 Å². The number of hydrogen-bond donors (Lipinski definition) is 1. The Hall–Kier alpha value is -1.06. The van der Waals surface area contributed by atoms with Crippen molar-refractivity contribution < 1.29 is 4.74 Å². The standard InChI is InChI=1S/C14H22N2O/c1-11-5-4-6-13(7-11)16(2)10-12-8-14(17-3)9-15-12/h4-7,12,14-15H,8-10H2,1-3H3. The topological polar surface area (TPSA) is 24.5 Å². The van der Waals surface area contributed by atoms with Crippen molar-refractivity contribution in [1.82, 2.24) is 5.32 Å². The van der Waals surface area contributed by atoms with Gasteiger partial charge in [0.05, 0.1) is 6.10 Å². The van der Waals surface area contributed by atoms with Crippen LogP contribution in [0.4, 0.5) is 5.69 Å². The SMILES string of the molecule is COC1CNC(CN(C)c2cccc(C)c2)C1. The van der Waals surface area contributed by atoms with E-state index in [2.05, 4.69) is 48.5 Å². The quantitative estimate of drug-likeness (QED) is 0.860. The minimum absolute atomic E-state index is 0.380. The van der Waals surface area contributed by atoms with E-state index >= 15 is 0 Å². The van der Waals surface area contributed by atoms with E-state index in [9.17, 15) is 0 Å². The summed E-state index contributed by atoms with van der Waals surface area (Å²) in [6.07, 6.45) is 1.48. The van der Waals surface area contributed by atoms with Gasteiger partial charge in [-0.05, 0) is 31.0 Å². The minimum atomic E-state index is 0.380. The molecule has 1 aromatic carbocycles. The van der Waals surface area contributed by atoms with Gasteiger partial charge >= 0.3 is 0 Å². The molecule has 17 heavy (non-hydrogen) atoms. The average Bonchev–Trinajstić information content (AvgIpc) is 2.77. The fourth-order valence-corrected chi connectivity index (χ4v) is 2.40. The number of anilines is 1. The number of aryl methyl sites for hydroxylation is 1. The number of methoxy groups -OCH3 is 1. The summed E-state index contributed by atoms with van der Waals surface area (Å²) in [5.74, 6) is 0. The molecule has 3 heteroatoms. The van der Waals surface area contributed by atoms with Gasteiger partial charge in [-0.15, -0.1) is 0 Å². The Morgan fingerprint density at radius 1 is 1.47 bits per heavy atom. The third-order valence-electron chi connectivity index (χ3n) is 3.45. The molecule has 0 bridgehead atoms. The van der Waals surface area contributed by atoms with E-state index in [1.54, 1.807) is 7.11 Å². The molecule has 0 saturated carbocycles. The summed E-state index contributed by atoms with van der Waals surface area (Å²) in [4.78, 5) is 2.31. The van der Waals surface area contributed by atoms with Crippen LogP contribution in [0.15, 0.2) is 24.3 Å². The maximum absolute atomic E-state index is 5.37. The lowest BCUT2D eigenvalue weighted by Crippen LogP contribution is -2.35. The van der Waals surface area contributed by atoms with Crippen LogP contribution in [0.3, 0.4) is 0 Å². The normalized spacial score (nSPS) is 23.9. The van der Waals surface area contributed by atoms with Crippen molar-refractivity contribution >= 4 is 5.69 Å². The van der Waals surface area contributed by atoms with Crippen molar-refractivity contribution in [2.24, 2.45) is 0 Å². The van der Waals surface area contributed by atoms with E-state index in [-0.39, 0.29) is 0 Å². The lowest BCUT2D eigenvalue weighted by molar-refractivity contribution is 0.117. The van der Waals surface area contributed by atoms with E-state index < -0.39 is 0 Å². The van der Waals surface area contributed by atoms with Gasteiger partial charge in [-0.25, -0.2) is 0 Å². The van der Waals surface area contributed by atoms with Crippen LogP contribution in [0.1, 0.15) is 12.0 Å². The van der Waals surface area contributed by atoms with Crippen LogP contribution in [0.25, 0.3) is 0 Å². The van der Waals surface area contributed by atoms with Crippen LogP contribution >= 0.6 is 0 Å². The van der Waals surface area contributed by atoms with E-state index in [0.29, 0.717) is 12.1 Å². The summed E-state index contributed by atoms with van der Waals surface area (Å²) in [5, 5.41) is 3.51. The zero-order valence-electron chi connectivity index (χ0n) is 10.9. The molecule has 1 fully saturated rings. The van der Waals surface area contributed by atoms with Gasteiger partial charge in [0.1, 0.15) is 0 Å². The molecule has 1 aliphatic heterocycles. The summed E-state index contributed by atoms with van der Waals surface area (Å²) in [5.41, 5.74) is 2.59. The molecule has 2 rings (SSSR count). The molecule has 1 aromatic rings. The summed E-state index contributed by atoms with van der Waals surface area (Å²) >= 11 is 0. The van der Waals surface area contributed by atoms with E-state index in [4.69, 9.17) is 4.74 Å². The zero-order chi connectivity index (χ0) is 12.3. The predicted octanol–water partition coefficient (Wildman–Crippen LogP) is 1.81. The zero-order valence-corrected chi connectivity index (χ0v) is 10.9. The highest BCUT2D eigenvalue weighted by atomic mass is 16.5. The Labute approximate surface area is 104 Å². The van der Waals surface area contributed by atoms with Crippen molar-refractivity contribution in [3.8, 4) is 0 Å². The maximum atomic E-state index is 5.37. The largest absolute Gasteiger partial charge is 0.380 e. The fraction of sp³-hybridized carbons (Fsp3) is 0.571. The molecule has 2 atom stereocenters. The molecule has 3 nitrogen and oxygen atoms in total. The third-order valence-corrected chi connectivity index (χ3v) is 3.45. The van der Waals surface area contributed by atoms with Gasteiger partial charge in [-0.2, -0.15) is 0 Å². The second-order valence-corrected chi connectivity index (χ2v) is 4.92. The van der Waals surface area contributed by atoms with Crippen molar-refractivity contribution in [2.45, 2.75) is 25.5 Å². The summed E-state index contributed by atoms with van der Waals surface area (Å²) < 4.78 is 5.37. The molecule has 0 aromatic heterocycles. The van der Waals surface area contributed by atoms with Gasteiger partial charge in [-0.1, -0.05) is 12.1 Å². The molecule has 0 amide bonds. The minimum Gasteiger partial charge on any atom is -0.380 e. The number of nitrogens with zero attached hydrogens (tertiary/aromatic N) is 1. The number of likely N-dealkylation sites (N-methyl/N-ethyl adjacent to an activating group) is 1. The lowest BCUT2D eigenvalue weighted by Gasteiger charge is -2.23. The van der Waals surface area contributed by atoms with Crippen LogP contribution in [-0.4, -0.2) is 39.4 Å². The Morgan fingerprint density at radius 3 is 2.94 bits per heavy atom. The second-order valence-electron chi connectivity index (χ2n) is 4.92. The number of ether oxygens (including phenoxy) is 1. The Bertz CT molecular complexity index is 367. The third kappa shape index (κ3) is 3.20. The molecule has 1 heterocycles. The highest BCUT2D eigenvalue weighted by Gasteiger charge is 2.24. The van der Waals surface area contributed by atoms with Crippen LogP contribution in [-0.2, 0) is 4.74 Å². The highest BCUT2D eigenvalue weighted by Crippen LogP contribution is 2.17. The first kappa shape index (κ1) is 12.4. The first-order chi connectivity index (χ1) is 8.19. The lowest BCUT2D eigenvalue weighted by atomic mass is 10.1. The Kier molecular flexibility index (Phi) is 4.02. The molecule has 2 unspecified atom stereocenters. The summed E-state index contributed by atoms with van der Waals surface area (Å²) in [7, 11) is 3.94. The summed E-state index contributed by atoms with van der Waals surface area (Å²) in [6.45, 7) is 4.14. The number of rotatable bonds is 4. The van der Waals surface area contributed by atoms with Gasteiger partial charge < -0.3 is 15.0 Å².